The molecular formula is C23H16Cl2N4O4. The second-order valence-corrected chi connectivity index (χ2v) is 7.54. The summed E-state index contributed by atoms with van der Waals surface area (Å²) in [5, 5.41) is 24.5. The number of nitro groups is 1. The Kier molecular flexibility index (Phi) is 7.97. The summed E-state index contributed by atoms with van der Waals surface area (Å²) in [7, 11) is 0. The fourth-order valence-corrected chi connectivity index (χ4v) is 3.54. The van der Waals surface area contributed by atoms with Crippen molar-refractivity contribution >= 4 is 41.0 Å². The van der Waals surface area contributed by atoms with Crippen LogP contribution in [0.2, 0.25) is 10.0 Å². The number of nitro benzene ring substituents is 1. The van der Waals surface area contributed by atoms with Gasteiger partial charge in [-0.1, -0.05) is 59.6 Å². The Bertz CT molecular complexity index is 1250. The van der Waals surface area contributed by atoms with Crippen LogP contribution in [-0.4, -0.2) is 17.0 Å². The summed E-state index contributed by atoms with van der Waals surface area (Å²) in [5.41, 5.74) is 4.15. The van der Waals surface area contributed by atoms with Crippen molar-refractivity contribution in [1.29, 1.82) is 5.26 Å². The molecule has 0 atom stereocenters. The van der Waals surface area contributed by atoms with E-state index in [0.29, 0.717) is 16.7 Å². The number of nitrogens with one attached hydrogen (secondary N) is 1. The van der Waals surface area contributed by atoms with Crippen molar-refractivity contribution in [2.45, 2.75) is 13.0 Å². The minimum atomic E-state index is -0.543. The van der Waals surface area contributed by atoms with Gasteiger partial charge in [0.1, 0.15) is 6.61 Å². The van der Waals surface area contributed by atoms with E-state index in [1.54, 1.807) is 42.5 Å². The Morgan fingerprint density at radius 2 is 1.76 bits per heavy atom. The van der Waals surface area contributed by atoms with E-state index < -0.39 is 10.8 Å². The maximum Gasteiger partial charge on any atom is 0.273 e. The number of nitriles is 1. The molecule has 0 aliphatic carbocycles. The van der Waals surface area contributed by atoms with Crippen molar-refractivity contribution in [2.75, 3.05) is 0 Å². The largest absolute Gasteiger partial charge is 0.486 e. The highest BCUT2D eigenvalue weighted by atomic mass is 35.5. The molecule has 0 fully saturated rings. The molecule has 0 bridgehead atoms. The summed E-state index contributed by atoms with van der Waals surface area (Å²) in [4.78, 5) is 22.6. The van der Waals surface area contributed by atoms with Crippen LogP contribution < -0.4 is 10.2 Å². The number of halogens is 2. The third kappa shape index (κ3) is 6.29. The number of hydrogen-bond donors (Lipinski definition) is 1. The van der Waals surface area contributed by atoms with Crippen molar-refractivity contribution in [3.63, 3.8) is 0 Å². The van der Waals surface area contributed by atoms with Crippen molar-refractivity contribution < 1.29 is 14.5 Å². The molecule has 33 heavy (non-hydrogen) atoms. The van der Waals surface area contributed by atoms with Crippen LogP contribution in [0.1, 0.15) is 22.3 Å². The molecular weight excluding hydrogens is 467 g/mol. The summed E-state index contributed by atoms with van der Waals surface area (Å²) in [5.74, 6) is -0.266. The van der Waals surface area contributed by atoms with Gasteiger partial charge in [-0.05, 0) is 23.8 Å². The minimum Gasteiger partial charge on any atom is -0.486 e. The summed E-state index contributed by atoms with van der Waals surface area (Å²) in [6.07, 6.45) is 1.14. The van der Waals surface area contributed by atoms with Crippen LogP contribution in [0, 0.1) is 21.4 Å². The zero-order valence-electron chi connectivity index (χ0n) is 17.0. The predicted molar refractivity (Wildman–Crippen MR) is 124 cm³/mol. The summed E-state index contributed by atoms with van der Waals surface area (Å²) in [6, 6.07) is 18.2. The summed E-state index contributed by atoms with van der Waals surface area (Å²) >= 11 is 12.6. The zero-order chi connectivity index (χ0) is 23.8. The van der Waals surface area contributed by atoms with Crippen LogP contribution in [0.3, 0.4) is 0 Å². The molecule has 0 unspecified atom stereocenters. The number of ether oxygens (including phenoxy) is 1. The van der Waals surface area contributed by atoms with E-state index in [4.69, 9.17) is 27.9 Å². The van der Waals surface area contributed by atoms with Gasteiger partial charge < -0.3 is 4.74 Å². The first-order chi connectivity index (χ1) is 15.9. The van der Waals surface area contributed by atoms with Gasteiger partial charge in [-0.3, -0.25) is 14.9 Å². The van der Waals surface area contributed by atoms with Gasteiger partial charge in [-0.25, -0.2) is 5.43 Å². The average Bonchev–Trinajstić information content (AvgIpc) is 2.79. The fourth-order valence-electron chi connectivity index (χ4n) is 2.93. The number of hydrazone groups is 1. The number of carbonyl (C=O) groups excluding carboxylic acids is 1. The molecule has 0 saturated heterocycles. The second kappa shape index (κ2) is 11.1. The number of rotatable bonds is 8. The van der Waals surface area contributed by atoms with Crippen molar-refractivity contribution in [3.05, 3.63) is 103 Å². The minimum absolute atomic E-state index is 0.109. The predicted octanol–water partition coefficient (Wildman–Crippen LogP) is 5.05. The Morgan fingerprint density at radius 1 is 1.12 bits per heavy atom. The lowest BCUT2D eigenvalue weighted by Gasteiger charge is -2.11. The Balaban J connectivity index is 1.63. The lowest BCUT2D eigenvalue weighted by atomic mass is 10.1. The molecule has 8 nitrogen and oxygen atoms in total. The molecule has 0 aromatic heterocycles. The number of hydrogen-bond acceptors (Lipinski definition) is 6. The molecule has 1 amide bonds. The molecule has 0 saturated carbocycles. The SMILES string of the molecule is N#Cc1ccccc1COc1c(Cl)cc(C=NNC(=O)Cc2ccccc2[N+](=O)[O-])cc1Cl. The Morgan fingerprint density at radius 3 is 2.42 bits per heavy atom. The van der Waals surface area contributed by atoms with Crippen LogP contribution in [0.25, 0.3) is 0 Å². The molecule has 0 aliphatic heterocycles. The quantitative estimate of drug-likeness (QED) is 0.274. The van der Waals surface area contributed by atoms with Gasteiger partial charge in [0.15, 0.2) is 5.75 Å². The molecule has 3 rings (SSSR count). The lowest BCUT2D eigenvalue weighted by Crippen LogP contribution is -2.20. The van der Waals surface area contributed by atoms with Crippen molar-refractivity contribution in [2.24, 2.45) is 5.10 Å². The second-order valence-electron chi connectivity index (χ2n) is 6.73. The van der Waals surface area contributed by atoms with Crippen LogP contribution in [0.4, 0.5) is 5.69 Å². The van der Waals surface area contributed by atoms with Crippen molar-refractivity contribution in [1.82, 2.24) is 5.43 Å². The molecule has 0 spiro atoms. The van der Waals surface area contributed by atoms with E-state index in [1.165, 1.54) is 24.4 Å². The molecule has 1 N–H and O–H groups in total. The van der Waals surface area contributed by atoms with Gasteiger partial charge in [0.25, 0.3) is 5.69 Å². The van der Waals surface area contributed by atoms with Gasteiger partial charge in [0, 0.05) is 17.2 Å². The summed E-state index contributed by atoms with van der Waals surface area (Å²) < 4.78 is 5.71. The monoisotopic (exact) mass is 482 g/mol. The number of nitrogens with zero attached hydrogens (tertiary/aromatic N) is 3. The molecule has 10 heteroatoms. The van der Waals surface area contributed by atoms with Crippen LogP contribution in [0.15, 0.2) is 65.8 Å². The van der Waals surface area contributed by atoms with Crippen molar-refractivity contribution in [3.8, 4) is 11.8 Å². The molecule has 166 valence electrons. The normalized spacial score (nSPS) is 10.6. The number of amides is 1. The standard InChI is InChI=1S/C23H16Cl2N4O4/c24-19-9-15(10-20(25)23(19)33-14-18-7-2-1-6-17(18)12-26)13-27-28-22(30)11-16-5-3-4-8-21(16)29(31)32/h1-10,13H,11,14H2,(H,28,30). The molecule has 0 heterocycles. The number of benzene rings is 3. The van der Waals surface area contributed by atoms with E-state index in [0.717, 1.165) is 0 Å². The Labute approximate surface area is 199 Å². The highest BCUT2D eigenvalue weighted by molar-refractivity contribution is 6.37. The Hall–Kier alpha value is -3.93. The van der Waals surface area contributed by atoms with Gasteiger partial charge >= 0.3 is 0 Å². The maximum atomic E-state index is 12.1. The third-order valence-corrected chi connectivity index (χ3v) is 5.03. The highest BCUT2D eigenvalue weighted by Crippen LogP contribution is 2.34. The van der Waals surface area contributed by atoms with Gasteiger partial charge in [-0.15, -0.1) is 0 Å². The average molecular weight is 483 g/mol. The first kappa shape index (κ1) is 23.7. The molecule has 0 aliphatic rings. The number of para-hydroxylation sites is 1. The smallest absolute Gasteiger partial charge is 0.273 e. The molecule has 3 aromatic carbocycles. The van der Waals surface area contributed by atoms with E-state index in [2.05, 4.69) is 16.6 Å². The first-order valence-electron chi connectivity index (χ1n) is 9.53. The third-order valence-electron chi connectivity index (χ3n) is 4.47. The van der Waals surface area contributed by atoms with Crippen LogP contribution >= 0.6 is 23.2 Å². The van der Waals surface area contributed by atoms with Gasteiger partial charge in [0.2, 0.25) is 5.91 Å². The zero-order valence-corrected chi connectivity index (χ0v) is 18.5. The van der Waals surface area contributed by atoms with Gasteiger partial charge in [-0.2, -0.15) is 10.4 Å². The highest BCUT2D eigenvalue weighted by Gasteiger charge is 2.15. The maximum absolute atomic E-state index is 12.1. The van der Waals surface area contributed by atoms with E-state index in [9.17, 15) is 20.2 Å². The van der Waals surface area contributed by atoms with E-state index in [1.807, 2.05) is 0 Å². The lowest BCUT2D eigenvalue weighted by molar-refractivity contribution is -0.385. The number of carbonyl (C=O) groups is 1. The first-order valence-corrected chi connectivity index (χ1v) is 10.3. The van der Waals surface area contributed by atoms with Gasteiger partial charge in [0.05, 0.1) is 39.2 Å². The molecule has 3 aromatic rings. The van der Waals surface area contributed by atoms with Crippen LogP contribution in [0.5, 0.6) is 5.75 Å². The fraction of sp³-hybridized carbons (Fsp3) is 0.0870. The summed E-state index contributed by atoms with van der Waals surface area (Å²) in [6.45, 7) is 0.109. The topological polar surface area (TPSA) is 118 Å². The molecule has 0 radical (unpaired) electrons. The van der Waals surface area contributed by atoms with Crippen LogP contribution in [-0.2, 0) is 17.8 Å². The van der Waals surface area contributed by atoms with E-state index in [-0.39, 0.29) is 40.1 Å². The van der Waals surface area contributed by atoms with E-state index >= 15 is 0 Å².